The Morgan fingerprint density at radius 3 is 2.06 bits per heavy atom. The summed E-state index contributed by atoms with van der Waals surface area (Å²) in [4.78, 5) is 28.4. The molecule has 6 nitrogen and oxygen atoms in total. The van der Waals surface area contributed by atoms with Crippen molar-refractivity contribution in [1.82, 2.24) is 24.1 Å². The Labute approximate surface area is 189 Å². The van der Waals surface area contributed by atoms with Crippen LogP contribution in [0.3, 0.4) is 0 Å². The van der Waals surface area contributed by atoms with Crippen molar-refractivity contribution in [3.05, 3.63) is 100 Å². The van der Waals surface area contributed by atoms with Crippen LogP contribution in [-0.4, -0.2) is 24.1 Å². The van der Waals surface area contributed by atoms with Crippen molar-refractivity contribution in [2.24, 2.45) is 0 Å². The zero-order valence-electron chi connectivity index (χ0n) is 18.6. The number of hydrogen-bond donors (Lipinski definition) is 0. The van der Waals surface area contributed by atoms with E-state index in [4.69, 9.17) is 15.0 Å². The zero-order chi connectivity index (χ0) is 22.7. The summed E-state index contributed by atoms with van der Waals surface area (Å²) in [7, 11) is 0. The van der Waals surface area contributed by atoms with Gasteiger partial charge in [0.05, 0.1) is 16.7 Å². The second-order valence-corrected chi connectivity index (χ2v) is 8.52. The Balaban J connectivity index is 1.77. The van der Waals surface area contributed by atoms with Crippen LogP contribution in [-0.2, 0) is 0 Å². The van der Waals surface area contributed by atoms with E-state index in [1.54, 1.807) is 10.9 Å². The molecular weight excluding hydrogens is 410 g/mol. The molecule has 6 rings (SSSR count). The number of hydrogen-bond acceptors (Lipinski definition) is 4. The van der Waals surface area contributed by atoms with Gasteiger partial charge >= 0.3 is 0 Å². The lowest BCUT2D eigenvalue weighted by Gasteiger charge is -2.09. The Hall–Kier alpha value is -4.32. The minimum atomic E-state index is -0.162. The van der Waals surface area contributed by atoms with Gasteiger partial charge in [0.1, 0.15) is 17.2 Å². The van der Waals surface area contributed by atoms with Gasteiger partial charge in [0.15, 0.2) is 11.3 Å². The van der Waals surface area contributed by atoms with E-state index in [0.29, 0.717) is 22.2 Å². The fraction of sp³-hybridized carbons (Fsp3) is 0.111. The van der Waals surface area contributed by atoms with Gasteiger partial charge in [-0.05, 0) is 68.3 Å². The summed E-state index contributed by atoms with van der Waals surface area (Å²) in [6.07, 6.45) is 1.60. The summed E-state index contributed by atoms with van der Waals surface area (Å²) < 4.78 is 3.52. The van der Waals surface area contributed by atoms with Gasteiger partial charge in [-0.25, -0.2) is 15.0 Å². The molecule has 6 heteroatoms. The van der Waals surface area contributed by atoms with Gasteiger partial charge in [-0.1, -0.05) is 35.9 Å². The summed E-state index contributed by atoms with van der Waals surface area (Å²) in [6.45, 7) is 6.09. The summed E-state index contributed by atoms with van der Waals surface area (Å²) in [5.74, 6) is 0. The van der Waals surface area contributed by atoms with Crippen molar-refractivity contribution in [2.75, 3.05) is 0 Å². The number of aromatic nitrogens is 5. The monoisotopic (exact) mass is 431 g/mol. The molecule has 0 saturated heterocycles. The molecular formula is C27H21N5O. The fourth-order valence-electron chi connectivity index (χ4n) is 4.45. The van der Waals surface area contributed by atoms with Crippen molar-refractivity contribution in [3.63, 3.8) is 0 Å². The number of aryl methyl sites for hydroxylation is 3. The van der Waals surface area contributed by atoms with Gasteiger partial charge in [0, 0.05) is 5.69 Å². The minimum absolute atomic E-state index is 0.162. The molecule has 3 heterocycles. The smallest absolute Gasteiger partial charge is 0.269 e. The molecule has 0 spiro atoms. The topological polar surface area (TPSA) is 65.6 Å². The van der Waals surface area contributed by atoms with Crippen molar-refractivity contribution >= 4 is 33.2 Å². The standard InChI is InChI=1S/C27H21N5O/c1-16-8-10-19(11-9-16)32-25-23(24-26(32)30-22-7-5-4-6-21(22)29-24)27(33)31(15-28-25)20-13-17(2)12-18(3)14-20/h4-15H,1-3H3. The SMILES string of the molecule is Cc1ccc(-n2c3nc4ccccc4nc3c3c(=O)n(-c4cc(C)cc(C)c4)cnc32)cc1. The van der Waals surface area contributed by atoms with Gasteiger partial charge < -0.3 is 0 Å². The molecule has 0 radical (unpaired) electrons. The van der Waals surface area contributed by atoms with Crippen molar-refractivity contribution in [2.45, 2.75) is 20.8 Å². The molecule has 0 amide bonds. The third kappa shape index (κ3) is 3.03. The highest BCUT2D eigenvalue weighted by Gasteiger charge is 2.21. The maximum atomic E-state index is 13.8. The quantitative estimate of drug-likeness (QED) is 0.378. The summed E-state index contributed by atoms with van der Waals surface area (Å²) >= 11 is 0. The van der Waals surface area contributed by atoms with E-state index in [1.165, 1.54) is 0 Å². The highest BCUT2D eigenvalue weighted by molar-refractivity contribution is 6.05. The van der Waals surface area contributed by atoms with Gasteiger partial charge in [0.2, 0.25) is 0 Å². The number of para-hydroxylation sites is 2. The van der Waals surface area contributed by atoms with Crippen LogP contribution in [0, 0.1) is 20.8 Å². The van der Waals surface area contributed by atoms with E-state index in [-0.39, 0.29) is 5.56 Å². The molecule has 3 aromatic heterocycles. The minimum Gasteiger partial charge on any atom is -0.276 e. The molecule has 0 fully saturated rings. The van der Waals surface area contributed by atoms with Crippen molar-refractivity contribution in [3.8, 4) is 11.4 Å². The molecule has 0 unspecified atom stereocenters. The molecule has 160 valence electrons. The van der Waals surface area contributed by atoms with Gasteiger partial charge in [-0.15, -0.1) is 0 Å². The van der Waals surface area contributed by atoms with Crippen LogP contribution in [0.15, 0.2) is 77.9 Å². The first-order valence-electron chi connectivity index (χ1n) is 10.8. The molecule has 6 aromatic rings. The molecule has 3 aromatic carbocycles. The summed E-state index contributed by atoms with van der Waals surface area (Å²) in [6, 6.07) is 21.9. The Bertz CT molecular complexity index is 1740. The predicted molar refractivity (Wildman–Crippen MR) is 131 cm³/mol. The third-order valence-corrected chi connectivity index (χ3v) is 5.94. The van der Waals surface area contributed by atoms with Crippen LogP contribution in [0.25, 0.3) is 44.6 Å². The molecule has 0 bridgehead atoms. The molecule has 0 aliphatic rings. The number of nitrogens with zero attached hydrogens (tertiary/aromatic N) is 5. The average molecular weight is 431 g/mol. The van der Waals surface area contributed by atoms with Crippen LogP contribution < -0.4 is 5.56 Å². The fourth-order valence-corrected chi connectivity index (χ4v) is 4.45. The van der Waals surface area contributed by atoms with Crippen molar-refractivity contribution < 1.29 is 0 Å². The van der Waals surface area contributed by atoms with Gasteiger partial charge in [-0.3, -0.25) is 13.9 Å². The Morgan fingerprint density at radius 2 is 1.36 bits per heavy atom. The first-order valence-corrected chi connectivity index (χ1v) is 10.8. The predicted octanol–water partition coefficient (Wildman–Crippen LogP) is 5.20. The van der Waals surface area contributed by atoms with E-state index in [2.05, 4.69) is 6.07 Å². The molecule has 0 aliphatic carbocycles. The second kappa shape index (κ2) is 7.10. The van der Waals surface area contributed by atoms with E-state index in [0.717, 1.165) is 39.1 Å². The average Bonchev–Trinajstić information content (AvgIpc) is 3.11. The maximum absolute atomic E-state index is 13.8. The number of rotatable bonds is 2. The summed E-state index contributed by atoms with van der Waals surface area (Å²) in [5, 5.41) is 0.463. The van der Waals surface area contributed by atoms with E-state index in [1.807, 2.05) is 86.0 Å². The van der Waals surface area contributed by atoms with Gasteiger partial charge in [-0.2, -0.15) is 0 Å². The molecule has 0 saturated carbocycles. The molecule has 0 aliphatic heterocycles. The zero-order valence-corrected chi connectivity index (χ0v) is 18.6. The highest BCUT2D eigenvalue weighted by Crippen LogP contribution is 2.28. The number of benzene rings is 3. The van der Waals surface area contributed by atoms with Crippen LogP contribution in [0.5, 0.6) is 0 Å². The number of fused-ring (bicyclic) bond motifs is 4. The van der Waals surface area contributed by atoms with Gasteiger partial charge in [0.25, 0.3) is 5.56 Å². The second-order valence-electron chi connectivity index (χ2n) is 8.52. The van der Waals surface area contributed by atoms with Crippen LogP contribution in [0.1, 0.15) is 16.7 Å². The van der Waals surface area contributed by atoms with Crippen LogP contribution >= 0.6 is 0 Å². The highest BCUT2D eigenvalue weighted by atomic mass is 16.1. The molecule has 0 atom stereocenters. The normalized spacial score (nSPS) is 11.6. The largest absolute Gasteiger partial charge is 0.276 e. The van der Waals surface area contributed by atoms with E-state index >= 15 is 0 Å². The maximum Gasteiger partial charge on any atom is 0.269 e. The lowest BCUT2D eigenvalue weighted by Crippen LogP contribution is -2.19. The Kier molecular flexibility index (Phi) is 4.17. The summed E-state index contributed by atoms with van der Waals surface area (Å²) in [5.41, 5.74) is 8.09. The van der Waals surface area contributed by atoms with Crippen molar-refractivity contribution in [1.29, 1.82) is 0 Å². The first-order chi connectivity index (χ1) is 16.0. The Morgan fingerprint density at radius 1 is 0.697 bits per heavy atom. The lowest BCUT2D eigenvalue weighted by atomic mass is 10.1. The third-order valence-electron chi connectivity index (χ3n) is 5.94. The van der Waals surface area contributed by atoms with Crippen LogP contribution in [0.2, 0.25) is 0 Å². The first kappa shape index (κ1) is 19.4. The van der Waals surface area contributed by atoms with E-state index < -0.39 is 0 Å². The molecule has 0 N–H and O–H groups in total. The molecule has 33 heavy (non-hydrogen) atoms. The van der Waals surface area contributed by atoms with E-state index in [9.17, 15) is 4.79 Å². The van der Waals surface area contributed by atoms with Crippen LogP contribution in [0.4, 0.5) is 0 Å². The lowest BCUT2D eigenvalue weighted by molar-refractivity contribution is 0.948.